The van der Waals surface area contributed by atoms with E-state index >= 15 is 0 Å². The minimum absolute atomic E-state index is 0.105. The number of hydrogen-bond donors (Lipinski definition) is 2. The number of aromatic nitrogens is 1. The van der Waals surface area contributed by atoms with Crippen molar-refractivity contribution in [2.75, 3.05) is 11.9 Å². The summed E-state index contributed by atoms with van der Waals surface area (Å²) in [6, 6.07) is 11.4. The molecule has 2 aromatic rings. The number of rotatable bonds is 4. The lowest BCUT2D eigenvalue weighted by molar-refractivity contribution is 0.318. The Bertz CT molecular complexity index is 596. The molecule has 5 nitrogen and oxygen atoms in total. The summed E-state index contributed by atoms with van der Waals surface area (Å²) in [4.78, 5) is 6.42. The predicted molar refractivity (Wildman–Crippen MR) is 83.0 cm³/mol. The molecule has 0 aliphatic heterocycles. The molecule has 0 aliphatic carbocycles. The molecule has 0 saturated carbocycles. The van der Waals surface area contributed by atoms with Gasteiger partial charge in [0.1, 0.15) is 0 Å². The first-order valence-corrected chi connectivity index (χ1v) is 6.79. The van der Waals surface area contributed by atoms with Crippen molar-refractivity contribution in [2.45, 2.75) is 6.54 Å². The molecule has 0 atom stereocenters. The van der Waals surface area contributed by atoms with E-state index in [0.717, 1.165) is 15.9 Å². The Kier molecular flexibility index (Phi) is 4.57. The van der Waals surface area contributed by atoms with Crippen molar-refractivity contribution in [3.8, 4) is 0 Å². The zero-order chi connectivity index (χ0) is 14.5. The van der Waals surface area contributed by atoms with Gasteiger partial charge in [0.05, 0.1) is 12.2 Å². The maximum atomic E-state index is 8.62. The Hall–Kier alpha value is -2.08. The number of hydrogen-bond acceptors (Lipinski definition) is 4. The highest BCUT2D eigenvalue weighted by Gasteiger charge is 2.05. The number of nitrogens with two attached hydrogens (primary N) is 1. The maximum absolute atomic E-state index is 8.62. The van der Waals surface area contributed by atoms with Crippen LogP contribution in [0, 0.1) is 0 Å². The van der Waals surface area contributed by atoms with Crippen LogP contribution in [0.3, 0.4) is 0 Å². The number of nitrogens with zero attached hydrogens (tertiary/aromatic N) is 3. The van der Waals surface area contributed by atoms with E-state index < -0.39 is 0 Å². The molecule has 1 heterocycles. The fraction of sp³-hybridized carbons (Fsp3) is 0.143. The van der Waals surface area contributed by atoms with E-state index in [0.29, 0.717) is 12.1 Å². The predicted octanol–water partition coefficient (Wildman–Crippen LogP) is 2.58. The second-order valence-corrected chi connectivity index (χ2v) is 5.27. The van der Waals surface area contributed by atoms with Crippen molar-refractivity contribution in [1.82, 2.24) is 4.98 Å². The summed E-state index contributed by atoms with van der Waals surface area (Å²) in [5.41, 5.74) is 8.23. The molecule has 0 fully saturated rings. The minimum atomic E-state index is 0.105. The summed E-state index contributed by atoms with van der Waals surface area (Å²) < 4.78 is 0.965. The van der Waals surface area contributed by atoms with Crippen LogP contribution in [0.4, 0.5) is 5.69 Å². The van der Waals surface area contributed by atoms with Crippen LogP contribution in [-0.2, 0) is 6.54 Å². The van der Waals surface area contributed by atoms with Gasteiger partial charge >= 0.3 is 0 Å². The zero-order valence-electron chi connectivity index (χ0n) is 11.0. The molecule has 2 rings (SSSR count). The largest absolute Gasteiger partial charge is 0.409 e. The number of amidine groups is 1. The molecule has 0 aliphatic rings. The molecule has 0 bridgehead atoms. The van der Waals surface area contributed by atoms with Crippen molar-refractivity contribution < 1.29 is 5.21 Å². The van der Waals surface area contributed by atoms with Gasteiger partial charge in [0.15, 0.2) is 5.84 Å². The summed E-state index contributed by atoms with van der Waals surface area (Å²) in [6.07, 6.45) is 1.78. The lowest BCUT2D eigenvalue weighted by atomic mass is 10.2. The minimum Gasteiger partial charge on any atom is -0.409 e. The van der Waals surface area contributed by atoms with Crippen LogP contribution in [0.1, 0.15) is 11.3 Å². The van der Waals surface area contributed by atoms with E-state index in [2.05, 4.69) is 31.0 Å². The highest BCUT2D eigenvalue weighted by molar-refractivity contribution is 9.10. The van der Waals surface area contributed by atoms with Crippen LogP contribution in [0.2, 0.25) is 0 Å². The van der Waals surface area contributed by atoms with Gasteiger partial charge in [-0.05, 0) is 52.3 Å². The molecule has 0 saturated heterocycles. The Labute approximate surface area is 125 Å². The van der Waals surface area contributed by atoms with Gasteiger partial charge in [-0.15, -0.1) is 0 Å². The SMILES string of the molecule is CN(Cc1ccc(Br)cn1)c1ccc(/C(N)=N/O)cc1. The van der Waals surface area contributed by atoms with Gasteiger partial charge in [0.2, 0.25) is 0 Å². The summed E-state index contributed by atoms with van der Waals surface area (Å²) in [6.45, 7) is 0.705. The number of anilines is 1. The van der Waals surface area contributed by atoms with Crippen molar-refractivity contribution in [2.24, 2.45) is 10.9 Å². The fourth-order valence-electron chi connectivity index (χ4n) is 1.78. The molecule has 3 N–H and O–H groups in total. The first-order valence-electron chi connectivity index (χ1n) is 5.99. The Morgan fingerprint density at radius 3 is 2.55 bits per heavy atom. The molecule has 0 unspecified atom stereocenters. The van der Waals surface area contributed by atoms with Crippen molar-refractivity contribution in [1.29, 1.82) is 0 Å². The lowest BCUT2D eigenvalue weighted by Crippen LogP contribution is -2.18. The molecule has 0 spiro atoms. The molecule has 0 radical (unpaired) electrons. The number of halogens is 1. The average Bonchev–Trinajstić information content (AvgIpc) is 2.49. The number of benzene rings is 1. The average molecular weight is 335 g/mol. The van der Waals surface area contributed by atoms with Crippen molar-refractivity contribution >= 4 is 27.5 Å². The second-order valence-electron chi connectivity index (χ2n) is 4.36. The molecule has 1 aromatic carbocycles. The van der Waals surface area contributed by atoms with Gasteiger partial charge in [-0.25, -0.2) is 0 Å². The monoisotopic (exact) mass is 334 g/mol. The van der Waals surface area contributed by atoms with E-state index in [9.17, 15) is 0 Å². The number of pyridine rings is 1. The highest BCUT2D eigenvalue weighted by Crippen LogP contribution is 2.16. The molecule has 1 aromatic heterocycles. The van der Waals surface area contributed by atoms with Gasteiger partial charge in [0, 0.05) is 29.0 Å². The van der Waals surface area contributed by atoms with Crippen LogP contribution in [0.5, 0.6) is 0 Å². The normalized spacial score (nSPS) is 11.4. The van der Waals surface area contributed by atoms with Crippen LogP contribution < -0.4 is 10.6 Å². The Morgan fingerprint density at radius 1 is 1.30 bits per heavy atom. The van der Waals surface area contributed by atoms with E-state index in [4.69, 9.17) is 10.9 Å². The molecule has 0 amide bonds. The quantitative estimate of drug-likeness (QED) is 0.390. The maximum Gasteiger partial charge on any atom is 0.170 e. The van der Waals surface area contributed by atoms with E-state index in [1.54, 1.807) is 6.20 Å². The first kappa shape index (κ1) is 14.3. The van der Waals surface area contributed by atoms with E-state index in [1.807, 2.05) is 43.4 Å². The summed E-state index contributed by atoms with van der Waals surface area (Å²) >= 11 is 3.37. The van der Waals surface area contributed by atoms with E-state index in [-0.39, 0.29) is 5.84 Å². The molecular formula is C14H15BrN4O. The summed E-state index contributed by atoms with van der Waals surface area (Å²) in [5, 5.41) is 11.6. The van der Waals surface area contributed by atoms with Crippen LogP contribution in [0.25, 0.3) is 0 Å². The van der Waals surface area contributed by atoms with Gasteiger partial charge in [-0.1, -0.05) is 5.16 Å². The standard InChI is InChI=1S/C14H15BrN4O/c1-19(9-12-5-4-11(15)8-17-12)13-6-2-10(3-7-13)14(16)18-20/h2-8,20H,9H2,1H3,(H2,16,18). The molecule has 20 heavy (non-hydrogen) atoms. The van der Waals surface area contributed by atoms with Crippen molar-refractivity contribution in [3.05, 3.63) is 58.3 Å². The first-order chi connectivity index (χ1) is 9.60. The smallest absolute Gasteiger partial charge is 0.170 e. The third kappa shape index (κ3) is 3.48. The number of oxime groups is 1. The van der Waals surface area contributed by atoms with Gasteiger partial charge < -0.3 is 15.8 Å². The topological polar surface area (TPSA) is 74.7 Å². The van der Waals surface area contributed by atoms with Crippen LogP contribution in [0.15, 0.2) is 52.2 Å². The van der Waals surface area contributed by atoms with Gasteiger partial charge in [0.25, 0.3) is 0 Å². The molecule has 104 valence electrons. The third-order valence-corrected chi connectivity index (χ3v) is 3.37. The molecular weight excluding hydrogens is 320 g/mol. The van der Waals surface area contributed by atoms with Gasteiger partial charge in [-0.2, -0.15) is 0 Å². The molecule has 6 heteroatoms. The van der Waals surface area contributed by atoms with Crippen LogP contribution >= 0.6 is 15.9 Å². The second kappa shape index (κ2) is 6.38. The highest BCUT2D eigenvalue weighted by atomic mass is 79.9. The van der Waals surface area contributed by atoms with Crippen LogP contribution in [-0.4, -0.2) is 23.1 Å². The third-order valence-electron chi connectivity index (χ3n) is 2.90. The zero-order valence-corrected chi connectivity index (χ0v) is 12.6. The lowest BCUT2D eigenvalue weighted by Gasteiger charge is -2.19. The summed E-state index contributed by atoms with van der Waals surface area (Å²) in [7, 11) is 1.99. The van der Waals surface area contributed by atoms with E-state index in [1.165, 1.54) is 0 Å². The van der Waals surface area contributed by atoms with Gasteiger partial charge in [-0.3, -0.25) is 4.98 Å². The Morgan fingerprint density at radius 2 is 2.00 bits per heavy atom. The fourth-order valence-corrected chi connectivity index (χ4v) is 2.01. The van der Waals surface area contributed by atoms with Crippen molar-refractivity contribution in [3.63, 3.8) is 0 Å². The Balaban J connectivity index is 2.09. The summed E-state index contributed by atoms with van der Waals surface area (Å²) in [5.74, 6) is 0.105.